The molecular formula is C19H28N2O2. The quantitative estimate of drug-likeness (QED) is 0.782. The van der Waals surface area contributed by atoms with Gasteiger partial charge in [0.1, 0.15) is 0 Å². The standard InChI is InChI=1S/C19H28N2O2/c1-4-19(22)20-17-10-8-16(9-11-17)13-21(15(2)3)14-18-7-5-6-12-23-18/h4,8-11,15,18H,1,5-7,12-14H2,2-3H3,(H,20,22). The lowest BCUT2D eigenvalue weighted by molar-refractivity contribution is -0.111. The van der Waals surface area contributed by atoms with E-state index in [1.54, 1.807) is 0 Å². The molecule has 1 aromatic rings. The van der Waals surface area contributed by atoms with E-state index >= 15 is 0 Å². The van der Waals surface area contributed by atoms with Crippen molar-refractivity contribution in [2.75, 3.05) is 18.5 Å². The van der Waals surface area contributed by atoms with Crippen molar-refractivity contribution in [1.29, 1.82) is 0 Å². The van der Waals surface area contributed by atoms with Gasteiger partial charge in [-0.25, -0.2) is 0 Å². The Balaban J connectivity index is 1.93. The molecule has 1 aliphatic heterocycles. The van der Waals surface area contributed by atoms with Crippen LogP contribution in [0.3, 0.4) is 0 Å². The van der Waals surface area contributed by atoms with Gasteiger partial charge in [0.05, 0.1) is 6.10 Å². The second kappa shape index (κ2) is 8.85. The zero-order valence-corrected chi connectivity index (χ0v) is 14.3. The summed E-state index contributed by atoms with van der Waals surface area (Å²) in [7, 11) is 0. The van der Waals surface area contributed by atoms with Crippen LogP contribution in [-0.2, 0) is 16.1 Å². The molecule has 23 heavy (non-hydrogen) atoms. The Morgan fingerprint density at radius 2 is 2.13 bits per heavy atom. The molecule has 1 amide bonds. The fourth-order valence-corrected chi connectivity index (χ4v) is 2.79. The number of rotatable bonds is 7. The summed E-state index contributed by atoms with van der Waals surface area (Å²) in [6.45, 7) is 10.7. The third-order valence-corrected chi connectivity index (χ3v) is 4.23. The second-order valence-corrected chi connectivity index (χ2v) is 6.40. The Morgan fingerprint density at radius 1 is 1.39 bits per heavy atom. The third kappa shape index (κ3) is 5.81. The summed E-state index contributed by atoms with van der Waals surface area (Å²) in [5, 5.41) is 2.77. The Morgan fingerprint density at radius 3 is 2.70 bits per heavy atom. The molecule has 1 heterocycles. The molecule has 1 saturated heterocycles. The summed E-state index contributed by atoms with van der Waals surface area (Å²) in [5.41, 5.74) is 2.04. The van der Waals surface area contributed by atoms with E-state index in [1.807, 2.05) is 12.1 Å². The van der Waals surface area contributed by atoms with E-state index in [-0.39, 0.29) is 5.91 Å². The van der Waals surface area contributed by atoms with Crippen LogP contribution in [0.5, 0.6) is 0 Å². The van der Waals surface area contributed by atoms with Crippen LogP contribution in [0.2, 0.25) is 0 Å². The van der Waals surface area contributed by atoms with Gasteiger partial charge >= 0.3 is 0 Å². The highest BCUT2D eigenvalue weighted by Gasteiger charge is 2.19. The summed E-state index contributed by atoms with van der Waals surface area (Å²) in [4.78, 5) is 13.8. The first-order valence-corrected chi connectivity index (χ1v) is 8.46. The number of amides is 1. The van der Waals surface area contributed by atoms with E-state index in [0.29, 0.717) is 12.1 Å². The lowest BCUT2D eigenvalue weighted by atomic mass is 10.1. The predicted octanol–water partition coefficient (Wildman–Crippen LogP) is 3.59. The number of carbonyl (C=O) groups excluding carboxylic acids is 1. The molecule has 0 radical (unpaired) electrons. The minimum Gasteiger partial charge on any atom is -0.377 e. The molecule has 1 aromatic carbocycles. The number of hydrogen-bond donors (Lipinski definition) is 1. The molecule has 4 nitrogen and oxygen atoms in total. The molecular weight excluding hydrogens is 288 g/mol. The van der Waals surface area contributed by atoms with Crippen molar-refractivity contribution in [2.24, 2.45) is 0 Å². The van der Waals surface area contributed by atoms with Gasteiger partial charge < -0.3 is 10.1 Å². The summed E-state index contributed by atoms with van der Waals surface area (Å²) in [6.07, 6.45) is 5.26. The highest BCUT2D eigenvalue weighted by molar-refractivity contribution is 5.98. The molecule has 0 aromatic heterocycles. The summed E-state index contributed by atoms with van der Waals surface area (Å²) in [6, 6.07) is 8.48. The molecule has 4 heteroatoms. The lowest BCUT2D eigenvalue weighted by Gasteiger charge is -2.32. The zero-order valence-electron chi connectivity index (χ0n) is 14.3. The summed E-state index contributed by atoms with van der Waals surface area (Å²) < 4.78 is 5.87. The first kappa shape index (κ1) is 17.7. The van der Waals surface area contributed by atoms with Crippen LogP contribution in [-0.4, -0.2) is 36.1 Å². The average molecular weight is 316 g/mol. The third-order valence-electron chi connectivity index (χ3n) is 4.23. The van der Waals surface area contributed by atoms with E-state index in [4.69, 9.17) is 4.74 Å². The van der Waals surface area contributed by atoms with Crippen molar-refractivity contribution in [3.05, 3.63) is 42.5 Å². The van der Waals surface area contributed by atoms with E-state index < -0.39 is 0 Å². The molecule has 1 N–H and O–H groups in total. The Bertz CT molecular complexity index is 505. The van der Waals surface area contributed by atoms with Crippen LogP contribution in [0.4, 0.5) is 5.69 Å². The minimum atomic E-state index is -0.184. The molecule has 0 spiro atoms. The predicted molar refractivity (Wildman–Crippen MR) is 94.4 cm³/mol. The van der Waals surface area contributed by atoms with Crippen LogP contribution in [0.15, 0.2) is 36.9 Å². The van der Waals surface area contributed by atoms with Crippen molar-refractivity contribution in [3.8, 4) is 0 Å². The molecule has 1 aliphatic rings. The maximum absolute atomic E-state index is 11.3. The molecule has 0 aliphatic carbocycles. The number of nitrogens with zero attached hydrogens (tertiary/aromatic N) is 1. The van der Waals surface area contributed by atoms with Crippen molar-refractivity contribution in [3.63, 3.8) is 0 Å². The van der Waals surface area contributed by atoms with E-state index in [1.165, 1.54) is 24.5 Å². The zero-order chi connectivity index (χ0) is 16.7. The van der Waals surface area contributed by atoms with Gasteiger partial charge in [-0.05, 0) is 56.9 Å². The Kier molecular flexibility index (Phi) is 6.81. The molecule has 1 unspecified atom stereocenters. The summed E-state index contributed by atoms with van der Waals surface area (Å²) in [5.74, 6) is -0.184. The highest BCUT2D eigenvalue weighted by atomic mass is 16.5. The number of hydrogen-bond acceptors (Lipinski definition) is 3. The number of benzene rings is 1. The van der Waals surface area contributed by atoms with Gasteiger partial charge in [-0.15, -0.1) is 0 Å². The van der Waals surface area contributed by atoms with Gasteiger partial charge in [0.15, 0.2) is 0 Å². The number of anilines is 1. The van der Waals surface area contributed by atoms with Crippen LogP contribution in [0.25, 0.3) is 0 Å². The Hall–Kier alpha value is -1.65. The number of nitrogens with one attached hydrogen (secondary N) is 1. The normalized spacial score (nSPS) is 18.2. The molecule has 0 saturated carbocycles. The highest BCUT2D eigenvalue weighted by Crippen LogP contribution is 2.18. The average Bonchev–Trinajstić information content (AvgIpc) is 2.56. The van der Waals surface area contributed by atoms with Gasteiger partial charge in [-0.2, -0.15) is 0 Å². The van der Waals surface area contributed by atoms with Gasteiger partial charge in [0.2, 0.25) is 5.91 Å². The van der Waals surface area contributed by atoms with E-state index in [2.05, 4.69) is 42.8 Å². The first-order valence-electron chi connectivity index (χ1n) is 8.46. The molecule has 1 atom stereocenters. The van der Waals surface area contributed by atoms with Crippen molar-refractivity contribution < 1.29 is 9.53 Å². The van der Waals surface area contributed by atoms with Crippen molar-refractivity contribution in [2.45, 2.75) is 51.8 Å². The van der Waals surface area contributed by atoms with Crippen molar-refractivity contribution >= 4 is 11.6 Å². The fraction of sp³-hybridized carbons (Fsp3) is 0.526. The lowest BCUT2D eigenvalue weighted by Crippen LogP contribution is -2.39. The molecule has 2 rings (SSSR count). The largest absolute Gasteiger partial charge is 0.377 e. The van der Waals surface area contributed by atoms with Gasteiger partial charge in [-0.3, -0.25) is 9.69 Å². The SMILES string of the molecule is C=CC(=O)Nc1ccc(CN(CC2CCCCO2)C(C)C)cc1. The first-order chi connectivity index (χ1) is 11.1. The van der Waals surface area contributed by atoms with Gasteiger partial charge in [-0.1, -0.05) is 18.7 Å². The minimum absolute atomic E-state index is 0.184. The molecule has 1 fully saturated rings. The van der Waals surface area contributed by atoms with Gasteiger partial charge in [0.25, 0.3) is 0 Å². The monoisotopic (exact) mass is 316 g/mol. The topological polar surface area (TPSA) is 41.6 Å². The van der Waals surface area contributed by atoms with Gasteiger partial charge in [0, 0.05) is 31.4 Å². The summed E-state index contributed by atoms with van der Waals surface area (Å²) >= 11 is 0. The van der Waals surface area contributed by atoms with Crippen LogP contribution in [0.1, 0.15) is 38.7 Å². The number of carbonyl (C=O) groups is 1. The molecule has 0 bridgehead atoms. The maximum Gasteiger partial charge on any atom is 0.247 e. The smallest absolute Gasteiger partial charge is 0.247 e. The van der Waals surface area contributed by atoms with Crippen LogP contribution in [0, 0.1) is 0 Å². The van der Waals surface area contributed by atoms with Crippen molar-refractivity contribution in [1.82, 2.24) is 4.90 Å². The van der Waals surface area contributed by atoms with E-state index in [0.717, 1.165) is 31.8 Å². The fourth-order valence-electron chi connectivity index (χ4n) is 2.79. The maximum atomic E-state index is 11.3. The molecule has 126 valence electrons. The van der Waals surface area contributed by atoms with Crippen LogP contribution >= 0.6 is 0 Å². The number of ether oxygens (including phenoxy) is 1. The van der Waals surface area contributed by atoms with E-state index in [9.17, 15) is 4.79 Å². The Labute approximate surface area is 139 Å². The second-order valence-electron chi connectivity index (χ2n) is 6.40. The van der Waals surface area contributed by atoms with Crippen LogP contribution < -0.4 is 5.32 Å².